The molecule has 0 radical (unpaired) electrons. The molecule has 0 saturated heterocycles. The van der Waals surface area contributed by atoms with Crippen molar-refractivity contribution >= 4 is 38.7 Å². The Morgan fingerprint density at radius 1 is 0.921 bits per heavy atom. The summed E-state index contributed by atoms with van der Waals surface area (Å²) in [6.07, 6.45) is 2.90. The molecule has 11 heteroatoms. The van der Waals surface area contributed by atoms with E-state index in [-0.39, 0.29) is 34.7 Å². The number of hydrogen-bond acceptors (Lipinski definition) is 6. The van der Waals surface area contributed by atoms with Crippen LogP contribution in [0.5, 0.6) is 0 Å². The largest absolute Gasteiger partial charge is 0.326 e. The highest BCUT2D eigenvalue weighted by Crippen LogP contribution is 2.24. The maximum absolute atomic E-state index is 14.4. The van der Waals surface area contributed by atoms with Gasteiger partial charge < -0.3 is 10.6 Å². The molecular weight excluding hydrogens is 512 g/mol. The third-order valence-electron chi connectivity index (χ3n) is 5.73. The number of pyridine rings is 1. The van der Waals surface area contributed by atoms with Gasteiger partial charge in [0.1, 0.15) is 11.6 Å². The Balaban J connectivity index is 1.28. The minimum absolute atomic E-state index is 0.0468. The molecule has 0 aliphatic heterocycles. The summed E-state index contributed by atoms with van der Waals surface area (Å²) in [5.74, 6) is -1.16. The van der Waals surface area contributed by atoms with Crippen molar-refractivity contribution in [1.82, 2.24) is 14.6 Å². The summed E-state index contributed by atoms with van der Waals surface area (Å²) in [5.41, 5.74) is 3.61. The number of sulfone groups is 1. The molecule has 2 heterocycles. The number of rotatable bonds is 7. The molecule has 2 N–H and O–H groups in total. The van der Waals surface area contributed by atoms with Crippen molar-refractivity contribution in [3.8, 4) is 11.1 Å². The van der Waals surface area contributed by atoms with Gasteiger partial charge in [-0.3, -0.25) is 4.79 Å². The fourth-order valence-electron chi connectivity index (χ4n) is 3.79. The predicted molar refractivity (Wildman–Crippen MR) is 140 cm³/mol. The van der Waals surface area contributed by atoms with E-state index >= 15 is 0 Å². The summed E-state index contributed by atoms with van der Waals surface area (Å²) in [6, 6.07) is 20.2. The van der Waals surface area contributed by atoms with Gasteiger partial charge >= 0.3 is 0 Å². The molecule has 0 unspecified atom stereocenters. The molecule has 0 bridgehead atoms. The van der Waals surface area contributed by atoms with Gasteiger partial charge in [0.2, 0.25) is 11.9 Å². The Hall–Kier alpha value is -4.64. The first-order chi connectivity index (χ1) is 18.1. The number of carbonyl (C=O) groups is 1. The summed E-state index contributed by atoms with van der Waals surface area (Å²) in [7, 11) is -3.52. The van der Waals surface area contributed by atoms with Crippen molar-refractivity contribution in [2.45, 2.75) is 11.3 Å². The van der Waals surface area contributed by atoms with E-state index in [9.17, 15) is 22.0 Å². The van der Waals surface area contributed by atoms with E-state index in [2.05, 4.69) is 20.7 Å². The number of fused-ring (bicyclic) bond motifs is 1. The number of hydrogen-bond donors (Lipinski definition) is 2. The lowest BCUT2D eigenvalue weighted by atomic mass is 10.1. The zero-order valence-electron chi connectivity index (χ0n) is 20.0. The highest BCUT2D eigenvalue weighted by molar-refractivity contribution is 7.90. The first-order valence-corrected chi connectivity index (χ1v) is 13.3. The lowest BCUT2D eigenvalue weighted by molar-refractivity contribution is -0.115. The Morgan fingerprint density at radius 3 is 2.32 bits per heavy atom. The summed E-state index contributed by atoms with van der Waals surface area (Å²) in [4.78, 5) is 16.5. The number of amides is 1. The van der Waals surface area contributed by atoms with Gasteiger partial charge in [0.15, 0.2) is 15.5 Å². The molecule has 0 saturated carbocycles. The van der Waals surface area contributed by atoms with E-state index in [1.165, 1.54) is 24.3 Å². The van der Waals surface area contributed by atoms with Crippen LogP contribution in [-0.2, 0) is 21.1 Å². The van der Waals surface area contributed by atoms with Crippen molar-refractivity contribution < 1.29 is 22.0 Å². The zero-order chi connectivity index (χ0) is 26.9. The van der Waals surface area contributed by atoms with E-state index in [0.717, 1.165) is 23.4 Å². The van der Waals surface area contributed by atoms with Crippen LogP contribution in [-0.4, -0.2) is 35.2 Å². The van der Waals surface area contributed by atoms with Crippen LogP contribution < -0.4 is 10.6 Å². The van der Waals surface area contributed by atoms with Gasteiger partial charge in [0, 0.05) is 23.7 Å². The molecule has 0 aliphatic rings. The molecule has 5 aromatic rings. The van der Waals surface area contributed by atoms with Crippen LogP contribution in [0.3, 0.4) is 0 Å². The van der Waals surface area contributed by atoms with Gasteiger partial charge in [-0.2, -0.15) is 4.98 Å². The van der Waals surface area contributed by atoms with Crippen molar-refractivity contribution in [3.63, 3.8) is 0 Å². The number of carbonyl (C=O) groups excluding carboxylic acids is 1. The van der Waals surface area contributed by atoms with E-state index in [0.29, 0.717) is 16.9 Å². The molecular formula is C27H21F2N5O3S. The van der Waals surface area contributed by atoms with Crippen LogP contribution in [0.1, 0.15) is 5.56 Å². The molecule has 192 valence electrons. The summed E-state index contributed by atoms with van der Waals surface area (Å²) in [5, 5.41) is 9.93. The van der Waals surface area contributed by atoms with Gasteiger partial charge in [-0.15, -0.1) is 5.10 Å². The Morgan fingerprint density at radius 2 is 1.63 bits per heavy atom. The highest BCUT2D eigenvalue weighted by Gasteiger charge is 2.13. The van der Waals surface area contributed by atoms with Crippen LogP contribution >= 0.6 is 0 Å². The molecule has 5 rings (SSSR count). The van der Waals surface area contributed by atoms with Gasteiger partial charge in [-0.05, 0) is 65.7 Å². The molecule has 0 aliphatic carbocycles. The monoisotopic (exact) mass is 533 g/mol. The van der Waals surface area contributed by atoms with E-state index < -0.39 is 15.7 Å². The minimum Gasteiger partial charge on any atom is -0.326 e. The number of nitrogens with zero attached hydrogens (tertiary/aromatic N) is 3. The quantitative estimate of drug-likeness (QED) is 0.305. The molecule has 2 aromatic heterocycles. The van der Waals surface area contributed by atoms with Crippen LogP contribution in [0.15, 0.2) is 90.0 Å². The third-order valence-corrected chi connectivity index (χ3v) is 6.84. The predicted octanol–water partition coefficient (Wildman–Crippen LogP) is 5.00. The standard InChI is InChI=1S/C27H21F2N5O3S/c1-38(36,37)22-11-12-24(23(29)15-22)31-27-32-25-13-6-19(16-34(25)33-27)18-4-9-21(10-5-18)30-26(35)14-17-2-7-20(28)8-3-17/h2-13,15-16H,14H2,1H3,(H,30,35)(H,31,33). The second-order valence-corrected chi connectivity index (χ2v) is 10.6. The SMILES string of the molecule is CS(=O)(=O)c1ccc(Nc2nc3ccc(-c4ccc(NC(=O)Cc5ccc(F)cc5)cc4)cn3n2)c(F)c1. The Labute approximate surface area is 216 Å². The first-order valence-electron chi connectivity index (χ1n) is 11.4. The summed E-state index contributed by atoms with van der Waals surface area (Å²) < 4.78 is 52.2. The molecule has 1 amide bonds. The van der Waals surface area contributed by atoms with E-state index in [1.807, 2.05) is 18.2 Å². The number of benzene rings is 3. The second-order valence-electron chi connectivity index (χ2n) is 8.62. The van der Waals surface area contributed by atoms with Crippen LogP contribution in [0.2, 0.25) is 0 Å². The van der Waals surface area contributed by atoms with Gasteiger partial charge in [0.25, 0.3) is 0 Å². The molecule has 8 nitrogen and oxygen atoms in total. The molecule has 0 fully saturated rings. The molecule has 0 atom stereocenters. The van der Waals surface area contributed by atoms with E-state index in [1.54, 1.807) is 41.0 Å². The Bertz CT molecular complexity index is 1750. The van der Waals surface area contributed by atoms with Crippen molar-refractivity contribution in [2.24, 2.45) is 0 Å². The normalized spacial score (nSPS) is 11.4. The average molecular weight is 534 g/mol. The number of aromatic nitrogens is 3. The zero-order valence-corrected chi connectivity index (χ0v) is 20.8. The summed E-state index contributed by atoms with van der Waals surface area (Å²) >= 11 is 0. The fraction of sp³-hybridized carbons (Fsp3) is 0.0741. The lowest BCUT2D eigenvalue weighted by Gasteiger charge is -2.07. The number of halogens is 2. The average Bonchev–Trinajstić information content (AvgIpc) is 3.28. The maximum atomic E-state index is 14.4. The highest BCUT2D eigenvalue weighted by atomic mass is 32.2. The van der Waals surface area contributed by atoms with Crippen molar-refractivity contribution in [3.05, 3.63) is 102 Å². The first kappa shape index (κ1) is 25.0. The van der Waals surface area contributed by atoms with Crippen LogP contribution in [0.4, 0.5) is 26.1 Å². The van der Waals surface area contributed by atoms with Crippen molar-refractivity contribution in [2.75, 3.05) is 16.9 Å². The van der Waals surface area contributed by atoms with Gasteiger partial charge in [-0.25, -0.2) is 21.7 Å². The van der Waals surface area contributed by atoms with Crippen molar-refractivity contribution in [1.29, 1.82) is 0 Å². The maximum Gasteiger partial charge on any atom is 0.247 e. The molecule has 38 heavy (non-hydrogen) atoms. The van der Waals surface area contributed by atoms with E-state index in [4.69, 9.17) is 0 Å². The lowest BCUT2D eigenvalue weighted by Crippen LogP contribution is -2.14. The topological polar surface area (TPSA) is 105 Å². The second kappa shape index (κ2) is 10.0. The smallest absolute Gasteiger partial charge is 0.247 e. The van der Waals surface area contributed by atoms with Gasteiger partial charge in [0.05, 0.1) is 17.0 Å². The molecule has 0 spiro atoms. The van der Waals surface area contributed by atoms with Gasteiger partial charge in [-0.1, -0.05) is 24.3 Å². The fourth-order valence-corrected chi connectivity index (χ4v) is 4.43. The molecule has 3 aromatic carbocycles. The third kappa shape index (κ3) is 5.68. The Kier molecular flexibility index (Phi) is 6.60. The minimum atomic E-state index is -3.52. The number of nitrogens with one attached hydrogen (secondary N) is 2. The number of anilines is 3. The summed E-state index contributed by atoms with van der Waals surface area (Å²) in [6.45, 7) is 0. The van der Waals surface area contributed by atoms with Crippen LogP contribution in [0, 0.1) is 11.6 Å². The van der Waals surface area contributed by atoms with Crippen LogP contribution in [0.25, 0.3) is 16.8 Å².